The molecule has 0 heterocycles. The summed E-state index contributed by atoms with van der Waals surface area (Å²) in [6, 6.07) is 5.46. The fourth-order valence-electron chi connectivity index (χ4n) is 2.80. The van der Waals surface area contributed by atoms with Crippen LogP contribution in [0.1, 0.15) is 31.2 Å². The van der Waals surface area contributed by atoms with E-state index in [0.717, 1.165) is 25.7 Å². The Morgan fingerprint density at radius 1 is 1.12 bits per heavy atom. The van der Waals surface area contributed by atoms with Crippen LogP contribution in [0.5, 0.6) is 17.2 Å². The second-order valence-electron chi connectivity index (χ2n) is 5.57. The van der Waals surface area contributed by atoms with E-state index in [9.17, 15) is 10.1 Å². The van der Waals surface area contributed by atoms with Gasteiger partial charge in [-0.05, 0) is 25.0 Å². The molecule has 1 aliphatic carbocycles. The summed E-state index contributed by atoms with van der Waals surface area (Å²) in [5.74, 6) is 1.15. The maximum absolute atomic E-state index is 12.3. The van der Waals surface area contributed by atoms with Crippen molar-refractivity contribution in [1.82, 2.24) is 5.32 Å². The molecule has 0 spiro atoms. The number of nitriles is 1. The number of nitrogens with zero attached hydrogens (tertiary/aromatic N) is 1. The van der Waals surface area contributed by atoms with Crippen molar-refractivity contribution in [2.24, 2.45) is 0 Å². The van der Waals surface area contributed by atoms with Gasteiger partial charge in [0.05, 0.1) is 21.3 Å². The SMILES string of the molecule is COc1cc(OC)c(OC)cc1/C=C(/C#N)C(=O)NC1CCCC1. The molecule has 1 aromatic rings. The lowest BCUT2D eigenvalue weighted by Crippen LogP contribution is -2.33. The van der Waals surface area contributed by atoms with Crippen LogP contribution >= 0.6 is 0 Å². The van der Waals surface area contributed by atoms with E-state index in [2.05, 4.69) is 5.32 Å². The van der Waals surface area contributed by atoms with Crippen molar-refractivity contribution in [3.63, 3.8) is 0 Å². The first kappa shape index (κ1) is 17.7. The van der Waals surface area contributed by atoms with Gasteiger partial charge in [0.25, 0.3) is 5.91 Å². The predicted octanol–water partition coefficient (Wildman–Crippen LogP) is 2.68. The van der Waals surface area contributed by atoms with Crippen LogP contribution in [-0.4, -0.2) is 33.3 Å². The minimum Gasteiger partial charge on any atom is -0.496 e. The fourth-order valence-corrected chi connectivity index (χ4v) is 2.80. The van der Waals surface area contributed by atoms with Gasteiger partial charge in [-0.25, -0.2) is 0 Å². The molecule has 1 saturated carbocycles. The van der Waals surface area contributed by atoms with Crippen LogP contribution in [0.4, 0.5) is 0 Å². The molecule has 0 aliphatic heterocycles. The number of methoxy groups -OCH3 is 3. The highest BCUT2D eigenvalue weighted by molar-refractivity contribution is 6.02. The zero-order valence-corrected chi connectivity index (χ0v) is 14.2. The van der Waals surface area contributed by atoms with Gasteiger partial charge in [0.15, 0.2) is 11.5 Å². The normalized spacial score (nSPS) is 14.8. The summed E-state index contributed by atoms with van der Waals surface area (Å²) in [5.41, 5.74) is 0.612. The third-order valence-electron chi connectivity index (χ3n) is 4.09. The van der Waals surface area contributed by atoms with Crippen molar-refractivity contribution in [1.29, 1.82) is 5.26 Å². The van der Waals surface area contributed by atoms with E-state index in [1.807, 2.05) is 6.07 Å². The van der Waals surface area contributed by atoms with E-state index in [-0.39, 0.29) is 17.5 Å². The summed E-state index contributed by atoms with van der Waals surface area (Å²) in [6.45, 7) is 0. The van der Waals surface area contributed by atoms with Crippen LogP contribution in [0.25, 0.3) is 6.08 Å². The Balaban J connectivity index is 2.32. The number of carbonyl (C=O) groups is 1. The molecular formula is C18H22N2O4. The molecule has 0 unspecified atom stereocenters. The molecule has 0 bridgehead atoms. The molecule has 1 amide bonds. The van der Waals surface area contributed by atoms with Gasteiger partial charge in [0.1, 0.15) is 17.4 Å². The van der Waals surface area contributed by atoms with Gasteiger partial charge in [-0.2, -0.15) is 5.26 Å². The van der Waals surface area contributed by atoms with E-state index in [0.29, 0.717) is 22.8 Å². The third kappa shape index (κ3) is 3.99. The highest BCUT2D eigenvalue weighted by Gasteiger charge is 2.20. The van der Waals surface area contributed by atoms with Gasteiger partial charge in [0, 0.05) is 17.7 Å². The molecule has 6 heteroatoms. The summed E-state index contributed by atoms with van der Waals surface area (Å²) in [6.07, 6.45) is 5.65. The number of hydrogen-bond donors (Lipinski definition) is 1. The molecule has 0 saturated heterocycles. The number of rotatable bonds is 6. The second kappa shape index (κ2) is 8.25. The highest BCUT2D eigenvalue weighted by atomic mass is 16.5. The summed E-state index contributed by atoms with van der Waals surface area (Å²) < 4.78 is 15.8. The molecule has 24 heavy (non-hydrogen) atoms. The maximum atomic E-state index is 12.3. The molecule has 0 radical (unpaired) electrons. The molecule has 0 aromatic heterocycles. The Bertz CT molecular complexity index is 670. The summed E-state index contributed by atoms with van der Waals surface area (Å²) in [4.78, 5) is 12.3. The number of hydrogen-bond acceptors (Lipinski definition) is 5. The van der Waals surface area contributed by atoms with Crippen LogP contribution in [0.2, 0.25) is 0 Å². The van der Waals surface area contributed by atoms with Gasteiger partial charge in [-0.3, -0.25) is 4.79 Å². The average Bonchev–Trinajstić information content (AvgIpc) is 3.11. The Morgan fingerprint density at radius 3 is 2.25 bits per heavy atom. The Kier molecular flexibility index (Phi) is 6.07. The molecule has 1 aromatic carbocycles. The Morgan fingerprint density at radius 2 is 1.71 bits per heavy atom. The fraction of sp³-hybridized carbons (Fsp3) is 0.444. The van der Waals surface area contributed by atoms with E-state index in [4.69, 9.17) is 14.2 Å². The Hall–Kier alpha value is -2.68. The lowest BCUT2D eigenvalue weighted by molar-refractivity contribution is -0.117. The van der Waals surface area contributed by atoms with Gasteiger partial charge >= 0.3 is 0 Å². The lowest BCUT2D eigenvalue weighted by atomic mass is 10.1. The molecule has 1 N–H and O–H groups in total. The molecule has 1 aliphatic rings. The quantitative estimate of drug-likeness (QED) is 0.641. The summed E-state index contributed by atoms with van der Waals surface area (Å²) in [7, 11) is 4.57. The van der Waals surface area contributed by atoms with Crippen molar-refractivity contribution in [2.75, 3.05) is 21.3 Å². The van der Waals surface area contributed by atoms with Crippen molar-refractivity contribution < 1.29 is 19.0 Å². The van der Waals surface area contributed by atoms with E-state index in [1.54, 1.807) is 12.1 Å². The van der Waals surface area contributed by atoms with Crippen LogP contribution in [0.15, 0.2) is 17.7 Å². The first-order valence-corrected chi connectivity index (χ1v) is 7.85. The zero-order valence-electron chi connectivity index (χ0n) is 14.2. The van der Waals surface area contributed by atoms with Gasteiger partial charge in [-0.15, -0.1) is 0 Å². The maximum Gasteiger partial charge on any atom is 0.262 e. The number of ether oxygens (including phenoxy) is 3. The van der Waals surface area contributed by atoms with E-state index in [1.165, 1.54) is 27.4 Å². The van der Waals surface area contributed by atoms with Gasteiger partial charge < -0.3 is 19.5 Å². The van der Waals surface area contributed by atoms with Gasteiger partial charge in [0.2, 0.25) is 0 Å². The molecule has 0 atom stereocenters. The minimum atomic E-state index is -0.360. The topological polar surface area (TPSA) is 80.6 Å². The van der Waals surface area contributed by atoms with E-state index < -0.39 is 0 Å². The number of nitrogens with one attached hydrogen (secondary N) is 1. The first-order chi connectivity index (χ1) is 11.6. The zero-order chi connectivity index (χ0) is 17.5. The lowest BCUT2D eigenvalue weighted by Gasteiger charge is -2.13. The number of amides is 1. The smallest absolute Gasteiger partial charge is 0.262 e. The number of carbonyl (C=O) groups excluding carboxylic acids is 1. The van der Waals surface area contributed by atoms with Crippen molar-refractivity contribution in [2.45, 2.75) is 31.7 Å². The van der Waals surface area contributed by atoms with Crippen LogP contribution in [0.3, 0.4) is 0 Å². The molecular weight excluding hydrogens is 308 g/mol. The standard InChI is InChI=1S/C18H22N2O4/c1-22-15-10-17(24-3)16(23-2)9-12(15)8-13(11-19)18(21)20-14-6-4-5-7-14/h8-10,14H,4-7H2,1-3H3,(H,20,21)/b13-8-. The monoisotopic (exact) mass is 330 g/mol. The first-order valence-electron chi connectivity index (χ1n) is 7.85. The Labute approximate surface area is 142 Å². The van der Waals surface area contributed by atoms with E-state index >= 15 is 0 Å². The summed E-state index contributed by atoms with van der Waals surface area (Å²) in [5, 5.41) is 12.3. The summed E-state index contributed by atoms with van der Waals surface area (Å²) >= 11 is 0. The molecule has 1 fully saturated rings. The van der Waals surface area contributed by atoms with Crippen LogP contribution < -0.4 is 19.5 Å². The van der Waals surface area contributed by atoms with Crippen molar-refractivity contribution >= 4 is 12.0 Å². The number of benzene rings is 1. The van der Waals surface area contributed by atoms with Gasteiger partial charge in [-0.1, -0.05) is 12.8 Å². The third-order valence-corrected chi connectivity index (χ3v) is 4.09. The predicted molar refractivity (Wildman–Crippen MR) is 90.1 cm³/mol. The van der Waals surface area contributed by atoms with Crippen molar-refractivity contribution in [3.8, 4) is 23.3 Å². The van der Waals surface area contributed by atoms with Crippen LogP contribution in [0, 0.1) is 11.3 Å². The molecule has 128 valence electrons. The minimum absolute atomic E-state index is 0.0346. The molecule has 6 nitrogen and oxygen atoms in total. The molecule has 2 rings (SSSR count). The van der Waals surface area contributed by atoms with Crippen LogP contribution in [-0.2, 0) is 4.79 Å². The van der Waals surface area contributed by atoms with Crippen molar-refractivity contribution in [3.05, 3.63) is 23.3 Å². The highest BCUT2D eigenvalue weighted by Crippen LogP contribution is 2.35. The largest absolute Gasteiger partial charge is 0.496 e. The second-order valence-corrected chi connectivity index (χ2v) is 5.57. The average molecular weight is 330 g/mol.